The molecular weight excluding hydrogens is 428 g/mol. The number of hydrogen-bond donors (Lipinski definition) is 2. The normalized spacial score (nSPS) is 20.0. The van der Waals surface area contributed by atoms with Crippen LogP contribution in [0.5, 0.6) is 0 Å². The molecule has 9 nitrogen and oxygen atoms in total. The molecule has 0 radical (unpaired) electrons. The van der Waals surface area contributed by atoms with Gasteiger partial charge in [0.15, 0.2) is 5.03 Å². The van der Waals surface area contributed by atoms with Crippen molar-refractivity contribution in [2.24, 2.45) is 17.4 Å². The van der Waals surface area contributed by atoms with Crippen molar-refractivity contribution in [3.63, 3.8) is 0 Å². The topological polar surface area (TPSA) is 126 Å². The molecule has 0 aliphatic carbocycles. The van der Waals surface area contributed by atoms with Gasteiger partial charge in [-0.05, 0) is 62.0 Å². The lowest BCUT2D eigenvalue weighted by Gasteiger charge is -2.38. The first-order chi connectivity index (χ1) is 15.3. The number of hydrogen-bond acceptors (Lipinski definition) is 7. The van der Waals surface area contributed by atoms with Crippen molar-refractivity contribution < 1.29 is 13.2 Å². The number of nitrogens with zero attached hydrogens (tertiary/aromatic N) is 4. The van der Waals surface area contributed by atoms with Crippen molar-refractivity contribution in [3.05, 3.63) is 60.6 Å². The van der Waals surface area contributed by atoms with Crippen molar-refractivity contribution in [2.45, 2.75) is 17.9 Å². The fourth-order valence-electron chi connectivity index (χ4n) is 4.14. The molecule has 1 amide bonds. The zero-order valence-electron chi connectivity index (χ0n) is 18.3. The summed E-state index contributed by atoms with van der Waals surface area (Å²) in [6.45, 7) is 7.39. The lowest BCUT2D eigenvalue weighted by Crippen LogP contribution is -2.53. The van der Waals surface area contributed by atoms with Crippen LogP contribution >= 0.6 is 0 Å². The number of carbonyl (C=O) groups excluding carboxylic acids is 1. The Bertz CT molecular complexity index is 961. The minimum absolute atomic E-state index is 0.0350. The molecule has 0 unspecified atom stereocenters. The van der Waals surface area contributed by atoms with Gasteiger partial charge in [0.2, 0.25) is 5.91 Å². The number of piperazine rings is 1. The zero-order valence-corrected chi connectivity index (χ0v) is 19.1. The van der Waals surface area contributed by atoms with E-state index < -0.39 is 10.0 Å². The molecule has 0 atom stereocenters. The number of pyridine rings is 1. The van der Waals surface area contributed by atoms with Crippen molar-refractivity contribution >= 4 is 15.9 Å². The summed E-state index contributed by atoms with van der Waals surface area (Å²) >= 11 is 0. The Morgan fingerprint density at radius 3 is 2.41 bits per heavy atom. The van der Waals surface area contributed by atoms with E-state index in [0.29, 0.717) is 25.3 Å². The van der Waals surface area contributed by atoms with Crippen LogP contribution in [-0.4, -0.2) is 79.2 Å². The first-order valence-electron chi connectivity index (χ1n) is 10.8. The maximum absolute atomic E-state index is 13.0. The Balaban J connectivity index is 1.50. The predicted molar refractivity (Wildman–Crippen MR) is 123 cm³/mol. The zero-order chi connectivity index (χ0) is 23.1. The minimum Gasteiger partial charge on any atom is -0.405 e. The summed E-state index contributed by atoms with van der Waals surface area (Å²) in [5.41, 5.74) is 12.7. The summed E-state index contributed by atoms with van der Waals surface area (Å²) in [5.74, 6) is 0.0830. The van der Waals surface area contributed by atoms with Gasteiger partial charge in [-0.25, -0.2) is 13.4 Å². The Morgan fingerprint density at radius 1 is 1.16 bits per heavy atom. The first-order valence-corrected chi connectivity index (χ1v) is 12.2. The van der Waals surface area contributed by atoms with Crippen LogP contribution in [0.2, 0.25) is 0 Å². The Hall–Kier alpha value is -2.69. The molecular formula is C22H32N6O3S. The van der Waals surface area contributed by atoms with E-state index in [4.69, 9.17) is 11.5 Å². The summed E-state index contributed by atoms with van der Waals surface area (Å²) in [4.78, 5) is 21.1. The third kappa shape index (κ3) is 5.96. The number of allylic oxidation sites excluding steroid dienone is 1. The molecule has 1 aromatic rings. The molecule has 10 heteroatoms. The van der Waals surface area contributed by atoms with Gasteiger partial charge in [-0.1, -0.05) is 12.6 Å². The van der Waals surface area contributed by atoms with Gasteiger partial charge in [0.1, 0.15) is 0 Å². The van der Waals surface area contributed by atoms with E-state index in [1.54, 1.807) is 23.1 Å². The molecule has 2 aliphatic heterocycles. The molecule has 0 saturated carbocycles. The van der Waals surface area contributed by atoms with Crippen LogP contribution in [0.25, 0.3) is 0 Å². The molecule has 2 aliphatic rings. The van der Waals surface area contributed by atoms with E-state index in [0.717, 1.165) is 31.5 Å². The molecule has 0 aromatic carbocycles. The Kier molecular flexibility index (Phi) is 8.05. The lowest BCUT2D eigenvalue weighted by molar-refractivity contribution is -0.138. The summed E-state index contributed by atoms with van der Waals surface area (Å²) in [6, 6.07) is 4.83. The van der Waals surface area contributed by atoms with E-state index >= 15 is 0 Å². The summed E-state index contributed by atoms with van der Waals surface area (Å²) < 4.78 is 26.9. The van der Waals surface area contributed by atoms with Crippen LogP contribution in [0.1, 0.15) is 12.8 Å². The van der Waals surface area contributed by atoms with E-state index in [-0.39, 0.29) is 29.9 Å². The number of rotatable bonds is 7. The number of aromatic nitrogens is 1. The summed E-state index contributed by atoms with van der Waals surface area (Å²) in [6.07, 6.45) is 8.12. The predicted octanol–water partition coefficient (Wildman–Crippen LogP) is 0.498. The molecule has 0 bridgehead atoms. The van der Waals surface area contributed by atoms with Crippen LogP contribution in [0.3, 0.4) is 0 Å². The standard InChI is InChI=1S/C22H32N6O3S/c1-18(24)16-19(5-8-23)17-26-10-6-20(7-11-26)22(29)27-12-14-28(15-13-27)32(30,31)21-4-2-3-9-25-21/h2-5,8-9,16,20H,1,6-7,10-15,17,23-24H2/b8-5-,19-16+. The van der Waals surface area contributed by atoms with E-state index in [1.165, 1.54) is 22.8 Å². The molecule has 0 spiro atoms. The van der Waals surface area contributed by atoms with E-state index in [2.05, 4.69) is 16.5 Å². The first kappa shape index (κ1) is 24.0. The molecule has 3 rings (SSSR count). The van der Waals surface area contributed by atoms with Crippen molar-refractivity contribution in [1.82, 2.24) is 19.1 Å². The maximum atomic E-state index is 13.0. The summed E-state index contributed by atoms with van der Waals surface area (Å²) in [5, 5.41) is 0.0447. The second-order valence-corrected chi connectivity index (χ2v) is 9.99. The quantitative estimate of drug-likeness (QED) is 0.568. The average molecular weight is 461 g/mol. The number of likely N-dealkylation sites (tertiary alicyclic amines) is 1. The van der Waals surface area contributed by atoms with Crippen molar-refractivity contribution in [3.8, 4) is 0 Å². The third-order valence-electron chi connectivity index (χ3n) is 5.82. The molecule has 2 saturated heterocycles. The van der Waals surface area contributed by atoms with Crippen molar-refractivity contribution in [2.75, 3.05) is 45.8 Å². The van der Waals surface area contributed by atoms with Gasteiger partial charge in [-0.3, -0.25) is 9.69 Å². The Labute approximate surface area is 190 Å². The highest BCUT2D eigenvalue weighted by molar-refractivity contribution is 7.89. The SMILES string of the molecule is C=C(N)/C=C(\C=C/N)CN1CCC(C(=O)N2CCN(S(=O)(=O)c3ccccn3)CC2)CC1. The molecule has 2 fully saturated rings. The number of carbonyl (C=O) groups is 1. The molecule has 3 heterocycles. The van der Waals surface area contributed by atoms with Crippen LogP contribution in [0.4, 0.5) is 0 Å². The average Bonchev–Trinajstić information content (AvgIpc) is 2.79. The minimum atomic E-state index is -3.63. The molecule has 174 valence electrons. The van der Waals surface area contributed by atoms with Gasteiger partial charge in [-0.15, -0.1) is 0 Å². The maximum Gasteiger partial charge on any atom is 0.260 e. The van der Waals surface area contributed by atoms with E-state index in [9.17, 15) is 13.2 Å². The number of nitrogens with two attached hydrogens (primary N) is 2. The van der Waals surface area contributed by atoms with Gasteiger partial charge in [-0.2, -0.15) is 4.31 Å². The Morgan fingerprint density at radius 2 is 1.84 bits per heavy atom. The smallest absolute Gasteiger partial charge is 0.260 e. The lowest BCUT2D eigenvalue weighted by atomic mass is 9.94. The molecule has 1 aromatic heterocycles. The second kappa shape index (κ2) is 10.8. The van der Waals surface area contributed by atoms with Crippen LogP contribution in [0, 0.1) is 5.92 Å². The number of amides is 1. The van der Waals surface area contributed by atoms with Crippen LogP contribution in [-0.2, 0) is 14.8 Å². The van der Waals surface area contributed by atoms with Crippen LogP contribution in [0.15, 0.2) is 65.6 Å². The number of piperidine rings is 1. The van der Waals surface area contributed by atoms with Gasteiger partial charge < -0.3 is 16.4 Å². The second-order valence-electron chi connectivity index (χ2n) is 8.10. The van der Waals surface area contributed by atoms with Crippen molar-refractivity contribution in [1.29, 1.82) is 0 Å². The highest BCUT2D eigenvalue weighted by atomic mass is 32.2. The van der Waals surface area contributed by atoms with Gasteiger partial charge in [0, 0.05) is 50.5 Å². The van der Waals surface area contributed by atoms with E-state index in [1.807, 2.05) is 6.08 Å². The highest BCUT2D eigenvalue weighted by Crippen LogP contribution is 2.23. The fourth-order valence-corrected chi connectivity index (χ4v) is 5.50. The molecule has 32 heavy (non-hydrogen) atoms. The number of sulfonamides is 1. The fraction of sp³-hybridized carbons (Fsp3) is 0.455. The van der Waals surface area contributed by atoms with Gasteiger partial charge in [0.25, 0.3) is 10.0 Å². The largest absolute Gasteiger partial charge is 0.405 e. The van der Waals surface area contributed by atoms with Gasteiger partial charge >= 0.3 is 0 Å². The monoisotopic (exact) mass is 460 g/mol. The molecule has 4 N–H and O–H groups in total. The summed E-state index contributed by atoms with van der Waals surface area (Å²) in [7, 11) is -3.63. The third-order valence-corrected chi connectivity index (χ3v) is 7.63. The van der Waals surface area contributed by atoms with Crippen LogP contribution < -0.4 is 11.5 Å². The highest BCUT2D eigenvalue weighted by Gasteiger charge is 2.34. The van der Waals surface area contributed by atoms with Gasteiger partial charge in [0.05, 0.1) is 0 Å².